The summed E-state index contributed by atoms with van der Waals surface area (Å²) in [5, 5.41) is 3.56. The van der Waals surface area contributed by atoms with Crippen LogP contribution in [-0.2, 0) is 11.2 Å². The largest absolute Gasteiger partial charge is 0.379 e. The Morgan fingerprint density at radius 3 is 2.56 bits per heavy atom. The molecule has 1 atom stereocenters. The van der Waals surface area contributed by atoms with Crippen LogP contribution < -0.4 is 5.32 Å². The number of methoxy groups -OCH3 is 1. The molecule has 1 aromatic rings. The third kappa shape index (κ3) is 4.43. The average Bonchev–Trinajstić information content (AvgIpc) is 2.38. The maximum atomic E-state index is 5.55. The molecule has 2 heteroatoms. The molecule has 0 bridgehead atoms. The zero-order chi connectivity index (χ0) is 13.6. The number of hydrogen-bond donors (Lipinski definition) is 1. The third-order valence-corrected chi connectivity index (χ3v) is 3.46. The second-order valence-electron chi connectivity index (χ2n) is 5.38. The molecule has 0 saturated carbocycles. The van der Waals surface area contributed by atoms with Crippen LogP contribution in [-0.4, -0.2) is 19.3 Å². The van der Waals surface area contributed by atoms with E-state index < -0.39 is 0 Å². The molecular weight excluding hydrogens is 222 g/mol. The van der Waals surface area contributed by atoms with Crippen molar-refractivity contribution in [1.82, 2.24) is 5.32 Å². The summed E-state index contributed by atoms with van der Waals surface area (Å²) in [6, 6.07) is 9.21. The summed E-state index contributed by atoms with van der Waals surface area (Å²) < 4.78 is 5.55. The Balaban J connectivity index is 2.89. The second-order valence-corrected chi connectivity index (χ2v) is 5.38. The molecule has 0 aromatic heterocycles. The Morgan fingerprint density at radius 2 is 2.00 bits per heavy atom. The minimum Gasteiger partial charge on any atom is -0.379 e. The van der Waals surface area contributed by atoms with Crippen LogP contribution in [0.2, 0.25) is 0 Å². The Bertz CT molecular complexity index is 360. The normalized spacial score (nSPS) is 13.6. The number of aryl methyl sites for hydroxylation is 1. The third-order valence-electron chi connectivity index (χ3n) is 3.46. The van der Waals surface area contributed by atoms with Gasteiger partial charge in [0.25, 0.3) is 0 Å². The highest BCUT2D eigenvalue weighted by molar-refractivity contribution is 5.26. The molecular formula is C16H27NO. The highest BCUT2D eigenvalue weighted by Gasteiger charge is 2.23. The molecule has 0 heterocycles. The van der Waals surface area contributed by atoms with Crippen LogP contribution in [0.4, 0.5) is 0 Å². The molecule has 0 fully saturated rings. The minimum absolute atomic E-state index is 0.102. The Kier molecular flexibility index (Phi) is 5.83. The number of hydrogen-bond acceptors (Lipinski definition) is 2. The number of nitrogens with one attached hydrogen (secondary N) is 1. The van der Waals surface area contributed by atoms with Gasteiger partial charge in [-0.05, 0) is 44.4 Å². The molecule has 1 N–H and O–H groups in total. The maximum Gasteiger partial charge on any atom is 0.0640 e. The maximum absolute atomic E-state index is 5.55. The molecule has 0 spiro atoms. The van der Waals surface area contributed by atoms with Crippen molar-refractivity contribution in [2.24, 2.45) is 0 Å². The summed E-state index contributed by atoms with van der Waals surface area (Å²) in [5.74, 6) is 0. The topological polar surface area (TPSA) is 21.3 Å². The van der Waals surface area contributed by atoms with Crippen LogP contribution >= 0.6 is 0 Å². The lowest BCUT2D eigenvalue weighted by Crippen LogP contribution is -2.32. The van der Waals surface area contributed by atoms with E-state index in [1.54, 1.807) is 7.11 Å². The number of rotatable bonds is 7. The molecule has 2 nitrogen and oxygen atoms in total. The molecule has 0 aliphatic rings. The lowest BCUT2D eigenvalue weighted by Gasteiger charge is -2.29. The van der Waals surface area contributed by atoms with Gasteiger partial charge in [-0.25, -0.2) is 0 Å². The summed E-state index contributed by atoms with van der Waals surface area (Å²) in [6.45, 7) is 9.60. The SMILES string of the molecule is CCNC(CC(C)(C)OC)c1cccc(CC)c1. The first-order valence-electron chi connectivity index (χ1n) is 6.89. The van der Waals surface area contributed by atoms with Gasteiger partial charge >= 0.3 is 0 Å². The molecule has 0 amide bonds. The van der Waals surface area contributed by atoms with Crippen LogP contribution in [0, 0.1) is 0 Å². The van der Waals surface area contributed by atoms with Gasteiger partial charge in [-0.1, -0.05) is 38.1 Å². The van der Waals surface area contributed by atoms with Gasteiger partial charge in [-0.3, -0.25) is 0 Å². The van der Waals surface area contributed by atoms with Crippen molar-refractivity contribution >= 4 is 0 Å². The van der Waals surface area contributed by atoms with Crippen molar-refractivity contribution in [2.45, 2.75) is 52.2 Å². The summed E-state index contributed by atoms with van der Waals surface area (Å²) in [4.78, 5) is 0. The van der Waals surface area contributed by atoms with Gasteiger partial charge in [0, 0.05) is 13.2 Å². The number of ether oxygens (including phenoxy) is 1. The molecule has 102 valence electrons. The van der Waals surface area contributed by atoms with E-state index in [2.05, 4.69) is 57.3 Å². The summed E-state index contributed by atoms with van der Waals surface area (Å²) in [6.07, 6.45) is 2.06. The average molecular weight is 249 g/mol. The van der Waals surface area contributed by atoms with E-state index in [0.717, 1.165) is 19.4 Å². The van der Waals surface area contributed by atoms with Gasteiger partial charge in [0.2, 0.25) is 0 Å². The van der Waals surface area contributed by atoms with Gasteiger partial charge in [-0.15, -0.1) is 0 Å². The van der Waals surface area contributed by atoms with E-state index in [1.807, 2.05) is 0 Å². The van der Waals surface area contributed by atoms with E-state index in [-0.39, 0.29) is 5.60 Å². The fourth-order valence-corrected chi connectivity index (χ4v) is 2.16. The zero-order valence-electron chi connectivity index (χ0n) is 12.4. The molecule has 0 saturated heterocycles. The fraction of sp³-hybridized carbons (Fsp3) is 0.625. The van der Waals surface area contributed by atoms with Crippen molar-refractivity contribution in [1.29, 1.82) is 0 Å². The van der Waals surface area contributed by atoms with E-state index >= 15 is 0 Å². The molecule has 1 rings (SSSR count). The van der Waals surface area contributed by atoms with Crippen LogP contribution in [0.3, 0.4) is 0 Å². The molecule has 0 aliphatic heterocycles. The molecule has 0 aliphatic carbocycles. The van der Waals surface area contributed by atoms with Crippen molar-refractivity contribution in [3.63, 3.8) is 0 Å². The Hall–Kier alpha value is -0.860. The van der Waals surface area contributed by atoms with Crippen LogP contribution in [0.1, 0.15) is 51.3 Å². The first-order chi connectivity index (χ1) is 8.52. The van der Waals surface area contributed by atoms with E-state index in [1.165, 1.54) is 11.1 Å². The fourth-order valence-electron chi connectivity index (χ4n) is 2.16. The molecule has 1 aromatic carbocycles. The van der Waals surface area contributed by atoms with Crippen LogP contribution in [0.15, 0.2) is 24.3 Å². The smallest absolute Gasteiger partial charge is 0.0640 e. The van der Waals surface area contributed by atoms with E-state index in [0.29, 0.717) is 6.04 Å². The molecule has 0 radical (unpaired) electrons. The predicted molar refractivity (Wildman–Crippen MR) is 77.9 cm³/mol. The van der Waals surface area contributed by atoms with Crippen molar-refractivity contribution < 1.29 is 4.74 Å². The van der Waals surface area contributed by atoms with Gasteiger partial charge in [0.15, 0.2) is 0 Å². The van der Waals surface area contributed by atoms with Gasteiger partial charge < -0.3 is 10.1 Å². The minimum atomic E-state index is -0.102. The van der Waals surface area contributed by atoms with Crippen molar-refractivity contribution in [2.75, 3.05) is 13.7 Å². The van der Waals surface area contributed by atoms with E-state index in [4.69, 9.17) is 4.74 Å². The highest BCUT2D eigenvalue weighted by atomic mass is 16.5. The predicted octanol–water partition coefficient (Wildman–Crippen LogP) is 3.71. The van der Waals surface area contributed by atoms with Gasteiger partial charge in [0.05, 0.1) is 5.60 Å². The van der Waals surface area contributed by atoms with Crippen LogP contribution in [0.25, 0.3) is 0 Å². The lowest BCUT2D eigenvalue weighted by molar-refractivity contribution is 0.00697. The monoisotopic (exact) mass is 249 g/mol. The van der Waals surface area contributed by atoms with Crippen molar-refractivity contribution in [3.8, 4) is 0 Å². The van der Waals surface area contributed by atoms with Crippen molar-refractivity contribution in [3.05, 3.63) is 35.4 Å². The second kappa shape index (κ2) is 6.91. The zero-order valence-corrected chi connectivity index (χ0v) is 12.4. The summed E-state index contributed by atoms with van der Waals surface area (Å²) in [5.41, 5.74) is 2.65. The van der Waals surface area contributed by atoms with Gasteiger partial charge in [0.1, 0.15) is 0 Å². The number of benzene rings is 1. The summed E-state index contributed by atoms with van der Waals surface area (Å²) >= 11 is 0. The first kappa shape index (κ1) is 15.2. The standard InChI is InChI=1S/C16H27NO/c1-6-13-9-8-10-14(11-13)15(17-7-2)12-16(3,4)18-5/h8-11,15,17H,6-7,12H2,1-5H3. The quantitative estimate of drug-likeness (QED) is 0.795. The van der Waals surface area contributed by atoms with E-state index in [9.17, 15) is 0 Å². The first-order valence-corrected chi connectivity index (χ1v) is 6.89. The van der Waals surface area contributed by atoms with Crippen LogP contribution in [0.5, 0.6) is 0 Å². The molecule has 18 heavy (non-hydrogen) atoms. The highest BCUT2D eigenvalue weighted by Crippen LogP contribution is 2.26. The Morgan fingerprint density at radius 1 is 1.28 bits per heavy atom. The summed E-state index contributed by atoms with van der Waals surface area (Å²) in [7, 11) is 1.78. The molecule has 1 unspecified atom stereocenters. The lowest BCUT2D eigenvalue weighted by atomic mass is 9.92. The Labute approximate surface area is 112 Å². The van der Waals surface area contributed by atoms with Gasteiger partial charge in [-0.2, -0.15) is 0 Å².